The van der Waals surface area contributed by atoms with E-state index in [1.54, 1.807) is 29.4 Å². The van der Waals surface area contributed by atoms with Crippen LogP contribution in [0.1, 0.15) is 65.6 Å². The Hall–Kier alpha value is -3.29. The first-order valence-electron chi connectivity index (χ1n) is 11.4. The summed E-state index contributed by atoms with van der Waals surface area (Å²) in [5, 5.41) is 0. The van der Waals surface area contributed by atoms with E-state index in [0.717, 1.165) is 32.1 Å². The van der Waals surface area contributed by atoms with Crippen LogP contribution in [0.5, 0.6) is 0 Å². The lowest BCUT2D eigenvalue weighted by molar-refractivity contribution is -0.136. The van der Waals surface area contributed by atoms with E-state index in [1.165, 1.54) is 0 Å². The Morgan fingerprint density at radius 1 is 1.09 bits per heavy atom. The normalized spacial score (nSPS) is 22.6. The van der Waals surface area contributed by atoms with Gasteiger partial charge in [-0.1, -0.05) is 12.2 Å². The summed E-state index contributed by atoms with van der Waals surface area (Å²) in [7, 11) is 0. The minimum absolute atomic E-state index is 0.0124. The number of pyridine rings is 1. The quantitative estimate of drug-likeness (QED) is 0.750. The van der Waals surface area contributed by atoms with Crippen LogP contribution in [0.3, 0.4) is 0 Å². The van der Waals surface area contributed by atoms with Gasteiger partial charge in [0, 0.05) is 42.5 Å². The summed E-state index contributed by atoms with van der Waals surface area (Å²) in [5.74, 6) is 0.624. The molecule has 1 saturated heterocycles. The molecule has 2 aromatic rings. The lowest BCUT2D eigenvalue weighted by Gasteiger charge is -2.31. The molecule has 2 aliphatic heterocycles. The molecule has 1 fully saturated rings. The Morgan fingerprint density at radius 2 is 1.94 bits per heavy atom. The van der Waals surface area contributed by atoms with Gasteiger partial charge in [0.25, 0.3) is 11.5 Å². The lowest BCUT2D eigenvalue weighted by Crippen LogP contribution is -2.41. The third kappa shape index (κ3) is 3.85. The van der Waals surface area contributed by atoms with Crippen LogP contribution >= 0.6 is 0 Å². The number of carbonyl (C=O) groups excluding carboxylic acids is 2. The van der Waals surface area contributed by atoms with Crippen molar-refractivity contribution < 1.29 is 9.59 Å². The van der Waals surface area contributed by atoms with E-state index >= 15 is 0 Å². The van der Waals surface area contributed by atoms with Crippen molar-refractivity contribution in [2.24, 2.45) is 5.92 Å². The Labute approximate surface area is 186 Å². The summed E-state index contributed by atoms with van der Waals surface area (Å²) < 4.78 is 0. The minimum atomic E-state index is -0.210. The molecule has 2 atom stereocenters. The highest BCUT2D eigenvalue weighted by Gasteiger charge is 2.36. The minimum Gasteiger partial charge on any atom is -0.332 e. The molecule has 5 rings (SSSR count). The van der Waals surface area contributed by atoms with Crippen LogP contribution < -0.4 is 5.56 Å². The summed E-state index contributed by atoms with van der Waals surface area (Å²) in [6, 6.07) is 3.17. The second kappa shape index (κ2) is 8.68. The van der Waals surface area contributed by atoms with Gasteiger partial charge in [-0.3, -0.25) is 19.4 Å². The molecule has 32 heavy (non-hydrogen) atoms. The molecule has 8 heteroatoms. The molecule has 8 nitrogen and oxygen atoms in total. The van der Waals surface area contributed by atoms with E-state index in [-0.39, 0.29) is 29.3 Å². The van der Waals surface area contributed by atoms with Crippen LogP contribution in [0, 0.1) is 5.92 Å². The van der Waals surface area contributed by atoms with Crippen LogP contribution in [0.15, 0.2) is 41.5 Å². The van der Waals surface area contributed by atoms with Crippen molar-refractivity contribution in [1.82, 2.24) is 24.8 Å². The molecular weight excluding hydrogens is 406 g/mol. The van der Waals surface area contributed by atoms with Gasteiger partial charge in [0.1, 0.15) is 5.82 Å². The van der Waals surface area contributed by atoms with Gasteiger partial charge >= 0.3 is 0 Å². The Kier molecular flexibility index (Phi) is 5.59. The predicted molar refractivity (Wildman–Crippen MR) is 118 cm³/mol. The average Bonchev–Trinajstić information content (AvgIpc) is 3.34. The number of H-pyrrole nitrogens is 1. The number of hydrogen-bond donors (Lipinski definition) is 1. The highest BCUT2D eigenvalue weighted by atomic mass is 16.2. The molecule has 0 saturated carbocycles. The van der Waals surface area contributed by atoms with Crippen LogP contribution in [0.4, 0.5) is 0 Å². The van der Waals surface area contributed by atoms with Crippen molar-refractivity contribution in [1.29, 1.82) is 0 Å². The fraction of sp³-hybridized carbons (Fsp3) is 0.458. The second-order valence-corrected chi connectivity index (χ2v) is 8.76. The monoisotopic (exact) mass is 433 g/mol. The number of nitrogens with one attached hydrogen (secondary N) is 1. The zero-order valence-corrected chi connectivity index (χ0v) is 18.0. The van der Waals surface area contributed by atoms with E-state index in [2.05, 4.69) is 22.1 Å². The molecule has 0 aromatic carbocycles. The van der Waals surface area contributed by atoms with Crippen molar-refractivity contribution in [3.05, 3.63) is 69.7 Å². The second-order valence-electron chi connectivity index (χ2n) is 8.76. The van der Waals surface area contributed by atoms with Gasteiger partial charge in [0.15, 0.2) is 0 Å². The van der Waals surface area contributed by atoms with E-state index in [1.807, 2.05) is 4.90 Å². The Bertz CT molecular complexity index is 1110. The van der Waals surface area contributed by atoms with Crippen molar-refractivity contribution in [2.75, 3.05) is 13.1 Å². The SMILES string of the molecule is O=C(c1ccncc1)N1CCc2c(nc([C@@H]3CCCN3C(=O)[C@H]3CC=CCC3)[nH]c2=O)C1. The van der Waals surface area contributed by atoms with E-state index < -0.39 is 0 Å². The summed E-state index contributed by atoms with van der Waals surface area (Å²) in [6.07, 6.45) is 12.2. The standard InChI is InChI=1S/C24H27N5O3/c30-22-18-10-14-28(23(31)17-8-11-25-12-9-17)15-19(18)26-21(27-22)20-7-4-13-29(20)24(32)16-5-2-1-3-6-16/h1-2,8-9,11-12,16,20H,3-7,10,13-15H2,(H,26,27,30)/t16-,20-/m0/s1. The van der Waals surface area contributed by atoms with Gasteiger partial charge in [0.2, 0.25) is 5.91 Å². The third-order valence-corrected chi connectivity index (χ3v) is 6.78. The number of fused-ring (bicyclic) bond motifs is 1. The maximum Gasteiger partial charge on any atom is 0.254 e. The summed E-state index contributed by atoms with van der Waals surface area (Å²) in [4.78, 5) is 54.2. The predicted octanol–water partition coefficient (Wildman–Crippen LogP) is 2.38. The van der Waals surface area contributed by atoms with Gasteiger partial charge in [0.05, 0.1) is 18.3 Å². The van der Waals surface area contributed by atoms with Gasteiger partial charge in [-0.25, -0.2) is 4.98 Å². The van der Waals surface area contributed by atoms with Gasteiger partial charge < -0.3 is 14.8 Å². The first kappa shape index (κ1) is 20.6. The lowest BCUT2D eigenvalue weighted by atomic mass is 9.93. The topological polar surface area (TPSA) is 99.3 Å². The summed E-state index contributed by atoms with van der Waals surface area (Å²) in [6.45, 7) is 1.46. The number of hydrogen-bond acceptors (Lipinski definition) is 5. The van der Waals surface area contributed by atoms with E-state index in [9.17, 15) is 14.4 Å². The van der Waals surface area contributed by atoms with Crippen molar-refractivity contribution >= 4 is 11.8 Å². The van der Waals surface area contributed by atoms with Crippen molar-refractivity contribution in [2.45, 2.75) is 51.1 Å². The third-order valence-electron chi connectivity index (χ3n) is 6.78. The first-order valence-corrected chi connectivity index (χ1v) is 11.4. The maximum absolute atomic E-state index is 13.2. The van der Waals surface area contributed by atoms with Gasteiger partial charge in [-0.2, -0.15) is 0 Å². The molecule has 4 heterocycles. The number of rotatable bonds is 3. The summed E-state index contributed by atoms with van der Waals surface area (Å²) >= 11 is 0. The molecule has 0 bridgehead atoms. The highest BCUT2D eigenvalue weighted by Crippen LogP contribution is 2.33. The summed E-state index contributed by atoms with van der Waals surface area (Å²) in [5.41, 5.74) is 1.70. The fourth-order valence-corrected chi connectivity index (χ4v) is 5.03. The zero-order valence-electron chi connectivity index (χ0n) is 18.0. The first-order chi connectivity index (χ1) is 15.6. The van der Waals surface area contributed by atoms with Crippen molar-refractivity contribution in [3.63, 3.8) is 0 Å². The fourth-order valence-electron chi connectivity index (χ4n) is 5.03. The van der Waals surface area contributed by atoms with Crippen LogP contribution in [-0.2, 0) is 17.8 Å². The molecule has 166 valence electrons. The van der Waals surface area contributed by atoms with Gasteiger partial charge in [-0.05, 0) is 50.7 Å². The average molecular weight is 434 g/mol. The van der Waals surface area contributed by atoms with Crippen LogP contribution in [0.2, 0.25) is 0 Å². The zero-order chi connectivity index (χ0) is 22.1. The van der Waals surface area contributed by atoms with Gasteiger partial charge in [-0.15, -0.1) is 0 Å². The Morgan fingerprint density at radius 3 is 2.72 bits per heavy atom. The smallest absolute Gasteiger partial charge is 0.254 e. The van der Waals surface area contributed by atoms with E-state index in [4.69, 9.17) is 4.98 Å². The van der Waals surface area contributed by atoms with Crippen LogP contribution in [0.25, 0.3) is 0 Å². The number of amides is 2. The molecule has 3 aliphatic rings. The van der Waals surface area contributed by atoms with Crippen molar-refractivity contribution in [3.8, 4) is 0 Å². The van der Waals surface area contributed by atoms with Crippen LogP contribution in [-0.4, -0.2) is 49.7 Å². The number of carbonyl (C=O) groups is 2. The number of aromatic nitrogens is 3. The molecule has 1 aliphatic carbocycles. The molecule has 0 radical (unpaired) electrons. The van der Waals surface area contributed by atoms with E-state index in [0.29, 0.717) is 48.7 Å². The maximum atomic E-state index is 13.2. The number of likely N-dealkylation sites (tertiary alicyclic amines) is 1. The largest absolute Gasteiger partial charge is 0.332 e. The number of allylic oxidation sites excluding steroid dienone is 2. The highest BCUT2D eigenvalue weighted by molar-refractivity contribution is 5.94. The molecule has 2 amide bonds. The molecule has 0 spiro atoms. The number of aromatic amines is 1. The molecule has 2 aromatic heterocycles. The molecule has 0 unspecified atom stereocenters. The molecular formula is C24H27N5O3. The number of nitrogens with zero attached hydrogens (tertiary/aromatic N) is 4. The molecule has 1 N–H and O–H groups in total. The Balaban J connectivity index is 1.39.